The average molecular weight is 304 g/mol. The molecule has 0 unspecified atom stereocenters. The molecule has 0 saturated heterocycles. The van der Waals surface area contributed by atoms with Gasteiger partial charge in [0.15, 0.2) is 5.34 Å². The third kappa shape index (κ3) is 5.55. The van der Waals surface area contributed by atoms with E-state index in [1.807, 2.05) is 0 Å². The van der Waals surface area contributed by atoms with E-state index in [1.165, 1.54) is 0 Å². The van der Waals surface area contributed by atoms with Gasteiger partial charge in [0.2, 0.25) is 0 Å². The SMILES string of the molecule is CCOC(CC(F)(F)F)(CC(F)(F)F)P(=O)(O)O. The smallest absolute Gasteiger partial charge is 0.362 e. The summed E-state index contributed by atoms with van der Waals surface area (Å²) in [6, 6.07) is 0. The van der Waals surface area contributed by atoms with Crippen LogP contribution in [0.2, 0.25) is 0 Å². The van der Waals surface area contributed by atoms with Crippen molar-refractivity contribution < 1.29 is 45.4 Å². The van der Waals surface area contributed by atoms with Crippen LogP contribution in [-0.4, -0.2) is 34.1 Å². The minimum atomic E-state index is -5.78. The van der Waals surface area contributed by atoms with Crippen LogP contribution >= 0.6 is 7.60 Å². The van der Waals surface area contributed by atoms with Gasteiger partial charge in [0.05, 0.1) is 12.8 Å². The van der Waals surface area contributed by atoms with Gasteiger partial charge in [0.25, 0.3) is 0 Å². The van der Waals surface area contributed by atoms with Gasteiger partial charge in [-0.15, -0.1) is 0 Å². The Balaban J connectivity index is 5.52. The van der Waals surface area contributed by atoms with Gasteiger partial charge in [-0.1, -0.05) is 0 Å². The maximum absolute atomic E-state index is 12.2. The molecule has 0 aromatic carbocycles. The van der Waals surface area contributed by atoms with E-state index in [4.69, 9.17) is 9.79 Å². The first kappa shape index (κ1) is 17.7. The highest BCUT2D eigenvalue weighted by molar-refractivity contribution is 7.53. The van der Waals surface area contributed by atoms with Gasteiger partial charge in [-0.05, 0) is 6.92 Å². The van der Waals surface area contributed by atoms with Crippen molar-refractivity contribution in [2.75, 3.05) is 6.61 Å². The molecule has 0 saturated carbocycles. The first-order valence-electron chi connectivity index (χ1n) is 4.55. The maximum atomic E-state index is 12.2. The van der Waals surface area contributed by atoms with E-state index in [0.717, 1.165) is 6.92 Å². The van der Waals surface area contributed by atoms with Gasteiger partial charge in [-0.25, -0.2) is 0 Å². The van der Waals surface area contributed by atoms with Crippen LogP contribution in [-0.2, 0) is 9.30 Å². The fraction of sp³-hybridized carbons (Fsp3) is 1.00. The topological polar surface area (TPSA) is 66.8 Å². The summed E-state index contributed by atoms with van der Waals surface area (Å²) in [6.07, 6.45) is -15.2. The Morgan fingerprint density at radius 1 is 1.00 bits per heavy atom. The Bertz CT molecular complexity index is 303. The molecule has 11 heteroatoms. The summed E-state index contributed by atoms with van der Waals surface area (Å²) in [5, 5.41) is -3.63. The molecule has 0 radical (unpaired) electrons. The molecule has 0 aromatic rings. The van der Waals surface area contributed by atoms with Crippen LogP contribution < -0.4 is 0 Å². The van der Waals surface area contributed by atoms with Gasteiger partial charge in [0.1, 0.15) is 0 Å². The van der Waals surface area contributed by atoms with Gasteiger partial charge in [-0.3, -0.25) is 4.57 Å². The molecule has 0 aliphatic heterocycles. The van der Waals surface area contributed by atoms with E-state index in [9.17, 15) is 30.9 Å². The molecule has 0 spiro atoms. The quantitative estimate of drug-likeness (QED) is 0.605. The van der Waals surface area contributed by atoms with Crippen LogP contribution in [0.15, 0.2) is 0 Å². The molecule has 0 aliphatic carbocycles. The zero-order valence-electron chi connectivity index (χ0n) is 9.05. The summed E-state index contributed by atoms with van der Waals surface area (Å²) >= 11 is 0. The van der Waals surface area contributed by atoms with Gasteiger partial charge in [0, 0.05) is 6.61 Å². The van der Waals surface area contributed by atoms with Crippen LogP contribution in [0.3, 0.4) is 0 Å². The predicted octanol–water partition coefficient (Wildman–Crippen LogP) is 2.80. The molecule has 4 nitrogen and oxygen atoms in total. The first-order chi connectivity index (χ1) is 7.72. The van der Waals surface area contributed by atoms with Crippen molar-refractivity contribution in [2.45, 2.75) is 37.5 Å². The lowest BCUT2D eigenvalue weighted by Crippen LogP contribution is -2.41. The third-order valence-electron chi connectivity index (χ3n) is 1.90. The van der Waals surface area contributed by atoms with Crippen LogP contribution in [0.25, 0.3) is 0 Å². The Hall–Kier alpha value is -0.310. The standard InChI is InChI=1S/C7H11F6O4P/c1-2-17-5(18(14,15)16,3-6(8,9)10)4-7(11,12)13/h2-4H2,1H3,(H2,14,15,16). The Labute approximate surface area is 98.1 Å². The number of halogens is 6. The number of hydrogen-bond donors (Lipinski definition) is 2. The highest BCUT2D eigenvalue weighted by Gasteiger charge is 2.59. The lowest BCUT2D eigenvalue weighted by molar-refractivity contribution is -0.210. The van der Waals surface area contributed by atoms with Crippen molar-refractivity contribution in [3.8, 4) is 0 Å². The zero-order valence-corrected chi connectivity index (χ0v) is 9.94. The van der Waals surface area contributed by atoms with Gasteiger partial charge < -0.3 is 14.5 Å². The summed E-state index contributed by atoms with van der Waals surface area (Å²) in [5.41, 5.74) is 0. The summed E-state index contributed by atoms with van der Waals surface area (Å²) in [5.74, 6) is 0. The van der Waals surface area contributed by atoms with Crippen LogP contribution in [0.4, 0.5) is 26.3 Å². The third-order valence-corrected chi connectivity index (χ3v) is 3.40. The van der Waals surface area contributed by atoms with Crippen molar-refractivity contribution >= 4 is 7.60 Å². The van der Waals surface area contributed by atoms with E-state index in [-0.39, 0.29) is 0 Å². The molecule has 0 aromatic heterocycles. The molecule has 0 fully saturated rings. The predicted molar refractivity (Wildman–Crippen MR) is 47.7 cm³/mol. The van der Waals surface area contributed by atoms with Gasteiger partial charge in [-0.2, -0.15) is 26.3 Å². The lowest BCUT2D eigenvalue weighted by atomic mass is 10.1. The molecule has 0 bridgehead atoms. The van der Waals surface area contributed by atoms with E-state index in [2.05, 4.69) is 4.74 Å². The van der Waals surface area contributed by atoms with Crippen molar-refractivity contribution in [3.05, 3.63) is 0 Å². The molecule has 0 rings (SSSR count). The number of alkyl halides is 6. The van der Waals surface area contributed by atoms with Gasteiger partial charge >= 0.3 is 19.9 Å². The lowest BCUT2D eigenvalue weighted by Gasteiger charge is -2.35. The summed E-state index contributed by atoms with van der Waals surface area (Å²) in [7, 11) is -5.78. The van der Waals surface area contributed by atoms with E-state index >= 15 is 0 Å². The summed E-state index contributed by atoms with van der Waals surface area (Å²) in [4.78, 5) is 17.5. The normalized spacial score (nSPS) is 14.9. The zero-order chi connectivity index (χ0) is 14.8. The van der Waals surface area contributed by atoms with Crippen molar-refractivity contribution in [3.63, 3.8) is 0 Å². The summed E-state index contributed by atoms with van der Waals surface area (Å²) in [6.45, 7) is 0.342. The minimum absolute atomic E-state index is 0.697. The first-order valence-corrected chi connectivity index (χ1v) is 6.17. The van der Waals surface area contributed by atoms with Crippen LogP contribution in [0.1, 0.15) is 19.8 Å². The molecular formula is C7H11F6O4P. The van der Waals surface area contributed by atoms with Crippen molar-refractivity contribution in [2.24, 2.45) is 0 Å². The second kappa shape index (κ2) is 5.36. The summed E-state index contributed by atoms with van der Waals surface area (Å²) < 4.78 is 88.2. The Morgan fingerprint density at radius 3 is 1.50 bits per heavy atom. The van der Waals surface area contributed by atoms with Crippen molar-refractivity contribution in [1.82, 2.24) is 0 Å². The fourth-order valence-electron chi connectivity index (χ4n) is 1.35. The maximum Gasteiger partial charge on any atom is 0.392 e. The molecule has 0 aliphatic rings. The van der Waals surface area contributed by atoms with Crippen molar-refractivity contribution in [1.29, 1.82) is 0 Å². The average Bonchev–Trinajstić information content (AvgIpc) is 1.94. The molecular weight excluding hydrogens is 293 g/mol. The molecule has 0 heterocycles. The molecule has 2 N–H and O–H groups in total. The molecule has 18 heavy (non-hydrogen) atoms. The number of hydrogen-bond acceptors (Lipinski definition) is 2. The Kier molecular flexibility index (Phi) is 5.27. The second-order valence-electron chi connectivity index (χ2n) is 3.51. The van der Waals surface area contributed by atoms with E-state index < -0.39 is 44.7 Å². The highest BCUT2D eigenvalue weighted by atomic mass is 31.2. The molecule has 0 atom stereocenters. The largest absolute Gasteiger partial charge is 0.392 e. The van der Waals surface area contributed by atoms with E-state index in [0.29, 0.717) is 0 Å². The highest BCUT2D eigenvalue weighted by Crippen LogP contribution is 2.59. The monoisotopic (exact) mass is 304 g/mol. The second-order valence-corrected chi connectivity index (χ2v) is 5.41. The number of rotatable bonds is 5. The molecule has 110 valence electrons. The van der Waals surface area contributed by atoms with Crippen LogP contribution in [0, 0.1) is 0 Å². The van der Waals surface area contributed by atoms with E-state index in [1.54, 1.807) is 0 Å². The minimum Gasteiger partial charge on any atom is -0.362 e. The molecule has 0 amide bonds. The Morgan fingerprint density at radius 2 is 1.33 bits per heavy atom. The number of ether oxygens (including phenoxy) is 1. The van der Waals surface area contributed by atoms with Crippen LogP contribution in [0.5, 0.6) is 0 Å². The fourth-order valence-corrected chi connectivity index (χ4v) is 2.42.